The van der Waals surface area contributed by atoms with E-state index in [2.05, 4.69) is 34.6 Å². The molecule has 8 heteroatoms. The molecule has 0 spiro atoms. The first-order valence-electron chi connectivity index (χ1n) is 12.3. The molecule has 1 N–H and O–H groups in total. The first-order valence-corrected chi connectivity index (χ1v) is 13.1. The Morgan fingerprint density at radius 3 is 2.64 bits per heavy atom. The fourth-order valence-corrected chi connectivity index (χ4v) is 4.94. The second-order valence-electron chi connectivity index (χ2n) is 8.57. The molecule has 0 fully saturated rings. The molecule has 0 saturated heterocycles. The van der Waals surface area contributed by atoms with Crippen LogP contribution in [0, 0.1) is 11.3 Å². The van der Waals surface area contributed by atoms with Gasteiger partial charge in [-0.3, -0.25) is 10.1 Å². The Morgan fingerprint density at radius 2 is 1.85 bits per heavy atom. The van der Waals surface area contributed by atoms with Crippen molar-refractivity contribution in [2.45, 2.75) is 13.3 Å². The Kier molecular flexibility index (Phi) is 7.62. The van der Waals surface area contributed by atoms with Crippen molar-refractivity contribution in [3.05, 3.63) is 112 Å². The van der Waals surface area contributed by atoms with Crippen LogP contribution in [0.3, 0.4) is 0 Å². The summed E-state index contributed by atoms with van der Waals surface area (Å²) in [6.45, 7) is 2.06. The maximum absolute atomic E-state index is 12.8. The molecular formula is C31H23N3O4S. The largest absolute Gasteiger partial charge is 0.462 e. The average Bonchev–Trinajstić information content (AvgIpc) is 3.61. The van der Waals surface area contributed by atoms with Crippen LogP contribution in [0.25, 0.3) is 28.2 Å². The fourth-order valence-electron chi connectivity index (χ4n) is 4.11. The highest BCUT2D eigenvalue weighted by Gasteiger charge is 2.15. The van der Waals surface area contributed by atoms with Gasteiger partial charge in [0.1, 0.15) is 23.2 Å². The molecule has 0 aliphatic heterocycles. The zero-order chi connectivity index (χ0) is 27.2. The molecule has 0 aliphatic rings. The molecule has 2 heterocycles. The number of rotatable bonds is 8. The lowest BCUT2D eigenvalue weighted by Crippen LogP contribution is -2.13. The number of ether oxygens (including phenoxy) is 1. The number of fused-ring (bicyclic) bond motifs is 1. The third-order valence-electron chi connectivity index (χ3n) is 5.98. The van der Waals surface area contributed by atoms with Crippen LogP contribution >= 0.6 is 11.3 Å². The van der Waals surface area contributed by atoms with E-state index in [9.17, 15) is 14.9 Å². The van der Waals surface area contributed by atoms with Crippen molar-refractivity contribution in [2.75, 3.05) is 11.9 Å². The van der Waals surface area contributed by atoms with Crippen LogP contribution in [0.15, 0.2) is 95.0 Å². The van der Waals surface area contributed by atoms with Crippen LogP contribution in [0.2, 0.25) is 0 Å². The molecule has 0 saturated carbocycles. The van der Waals surface area contributed by atoms with Crippen molar-refractivity contribution in [3.8, 4) is 17.4 Å². The number of nitriles is 1. The predicted molar refractivity (Wildman–Crippen MR) is 151 cm³/mol. The highest BCUT2D eigenvalue weighted by Crippen LogP contribution is 2.27. The van der Waals surface area contributed by atoms with Crippen LogP contribution in [0.1, 0.15) is 33.5 Å². The van der Waals surface area contributed by atoms with Gasteiger partial charge in [0, 0.05) is 29.1 Å². The molecule has 2 aromatic heterocycles. The van der Waals surface area contributed by atoms with E-state index in [0.29, 0.717) is 35.2 Å². The summed E-state index contributed by atoms with van der Waals surface area (Å²) in [5.74, 6) is -0.0766. The Labute approximate surface area is 229 Å². The lowest BCUT2D eigenvalue weighted by molar-refractivity contribution is -0.112. The van der Waals surface area contributed by atoms with E-state index < -0.39 is 11.9 Å². The Bertz CT molecular complexity index is 1720. The van der Waals surface area contributed by atoms with Crippen LogP contribution in [-0.2, 0) is 16.0 Å². The molecule has 0 aliphatic carbocycles. The van der Waals surface area contributed by atoms with E-state index in [-0.39, 0.29) is 5.57 Å². The summed E-state index contributed by atoms with van der Waals surface area (Å²) >= 11 is 1.37. The number of nitrogens with zero attached hydrogens (tertiary/aromatic N) is 2. The quantitative estimate of drug-likeness (QED) is 0.133. The van der Waals surface area contributed by atoms with Gasteiger partial charge in [0.15, 0.2) is 5.13 Å². The minimum absolute atomic E-state index is 0.112. The van der Waals surface area contributed by atoms with Gasteiger partial charge in [-0.05, 0) is 47.5 Å². The first-order chi connectivity index (χ1) is 19.0. The summed E-state index contributed by atoms with van der Waals surface area (Å²) in [7, 11) is 0. The number of furan rings is 1. The smallest absolute Gasteiger partial charge is 0.338 e. The number of hydrogen-bond acceptors (Lipinski definition) is 7. The van der Waals surface area contributed by atoms with Crippen LogP contribution < -0.4 is 5.32 Å². The van der Waals surface area contributed by atoms with E-state index in [4.69, 9.17) is 9.15 Å². The lowest BCUT2D eigenvalue weighted by Gasteiger charge is -2.04. The number of esters is 1. The van der Waals surface area contributed by atoms with Crippen molar-refractivity contribution in [2.24, 2.45) is 0 Å². The van der Waals surface area contributed by atoms with Crippen LogP contribution in [-0.4, -0.2) is 23.5 Å². The predicted octanol–water partition coefficient (Wildman–Crippen LogP) is 6.87. The van der Waals surface area contributed by atoms with Gasteiger partial charge >= 0.3 is 5.97 Å². The topological polar surface area (TPSA) is 105 Å². The van der Waals surface area contributed by atoms with Gasteiger partial charge < -0.3 is 9.15 Å². The number of amides is 1. The number of hydrogen-bond donors (Lipinski definition) is 1. The van der Waals surface area contributed by atoms with Crippen molar-refractivity contribution in [1.82, 2.24) is 4.98 Å². The normalized spacial score (nSPS) is 11.2. The number of aromatic nitrogens is 1. The van der Waals surface area contributed by atoms with Gasteiger partial charge in [-0.15, -0.1) is 11.3 Å². The zero-order valence-electron chi connectivity index (χ0n) is 21.0. The number of carbonyl (C=O) groups excluding carboxylic acids is 2. The number of carbonyl (C=O) groups is 2. The zero-order valence-corrected chi connectivity index (χ0v) is 21.8. The number of anilines is 1. The van der Waals surface area contributed by atoms with Gasteiger partial charge in [-0.1, -0.05) is 54.6 Å². The van der Waals surface area contributed by atoms with Gasteiger partial charge in [0.05, 0.1) is 12.2 Å². The summed E-state index contributed by atoms with van der Waals surface area (Å²) in [6.07, 6.45) is 3.81. The fraction of sp³-hybridized carbons (Fsp3) is 0.0968. The Balaban J connectivity index is 1.26. The number of benzene rings is 3. The molecule has 39 heavy (non-hydrogen) atoms. The van der Waals surface area contributed by atoms with Gasteiger partial charge in [-0.2, -0.15) is 5.26 Å². The lowest BCUT2D eigenvalue weighted by atomic mass is 10.0. The highest BCUT2D eigenvalue weighted by molar-refractivity contribution is 7.15. The summed E-state index contributed by atoms with van der Waals surface area (Å²) < 4.78 is 10.8. The first kappa shape index (κ1) is 25.6. The monoisotopic (exact) mass is 533 g/mol. The molecule has 1 amide bonds. The van der Waals surface area contributed by atoms with Crippen molar-refractivity contribution < 1.29 is 18.7 Å². The molecule has 3 aromatic carbocycles. The highest BCUT2D eigenvalue weighted by atomic mass is 32.1. The summed E-state index contributed by atoms with van der Waals surface area (Å²) in [4.78, 5) is 30.0. The summed E-state index contributed by atoms with van der Waals surface area (Å²) in [5, 5.41) is 15.1. The Morgan fingerprint density at radius 1 is 1.05 bits per heavy atom. The maximum Gasteiger partial charge on any atom is 0.338 e. The van der Waals surface area contributed by atoms with E-state index >= 15 is 0 Å². The van der Waals surface area contributed by atoms with Crippen LogP contribution in [0.4, 0.5) is 5.13 Å². The van der Waals surface area contributed by atoms with E-state index in [1.807, 2.05) is 24.3 Å². The van der Waals surface area contributed by atoms with Crippen molar-refractivity contribution >= 4 is 45.2 Å². The minimum Gasteiger partial charge on any atom is -0.462 e. The van der Waals surface area contributed by atoms with Gasteiger partial charge in [-0.25, -0.2) is 9.78 Å². The third-order valence-corrected chi connectivity index (χ3v) is 6.89. The molecule has 0 bridgehead atoms. The van der Waals surface area contributed by atoms with Crippen molar-refractivity contribution in [3.63, 3.8) is 0 Å². The molecule has 0 radical (unpaired) electrons. The van der Waals surface area contributed by atoms with E-state index in [0.717, 1.165) is 10.4 Å². The average molecular weight is 534 g/mol. The summed E-state index contributed by atoms with van der Waals surface area (Å²) in [6, 6.07) is 26.5. The van der Waals surface area contributed by atoms with Gasteiger partial charge in [0.25, 0.3) is 5.91 Å². The van der Waals surface area contributed by atoms with Crippen molar-refractivity contribution in [1.29, 1.82) is 5.26 Å². The molecule has 7 nitrogen and oxygen atoms in total. The molecular weight excluding hydrogens is 510 g/mol. The second-order valence-corrected chi connectivity index (χ2v) is 9.69. The van der Waals surface area contributed by atoms with Crippen LogP contribution in [0.5, 0.6) is 0 Å². The molecule has 0 atom stereocenters. The van der Waals surface area contributed by atoms with Gasteiger partial charge in [0.2, 0.25) is 0 Å². The Hall–Kier alpha value is -5.00. The molecule has 0 unspecified atom stereocenters. The standard InChI is InChI=1S/C31H23N3O4S/c1-2-37-30(36)22-12-10-21(11-13-22)28-15-14-25(38-28)16-24(18-32)29(35)34-31-33-19-26(39-31)17-23-8-5-7-20-6-3-4-9-27(20)23/h3-16,19H,2,17H2,1H3,(H,33,34,35)/b24-16+. The summed E-state index contributed by atoms with van der Waals surface area (Å²) in [5.41, 5.74) is 2.25. The number of thiazole rings is 1. The van der Waals surface area contributed by atoms with E-state index in [1.165, 1.54) is 33.7 Å². The second kappa shape index (κ2) is 11.6. The molecule has 5 aromatic rings. The maximum atomic E-state index is 12.8. The molecule has 192 valence electrons. The third kappa shape index (κ3) is 5.95. The molecule has 5 rings (SSSR count). The van der Waals surface area contributed by atoms with E-state index in [1.54, 1.807) is 49.5 Å². The SMILES string of the molecule is CCOC(=O)c1ccc(-c2ccc(/C=C(\C#N)C(=O)Nc3ncc(Cc4cccc5ccccc45)s3)o2)cc1. The minimum atomic E-state index is -0.569. The number of nitrogens with one attached hydrogen (secondary N) is 1.